The Morgan fingerprint density at radius 3 is 2.36 bits per heavy atom. The van der Waals surface area contributed by atoms with Gasteiger partial charge in [0.25, 0.3) is 0 Å². The second-order valence-electron chi connectivity index (χ2n) is 5.70. The molecule has 1 unspecified atom stereocenters. The molecular weight excluding hydrogens is 302 g/mol. The molecule has 0 aliphatic carbocycles. The number of hydrogen-bond acceptors (Lipinski definition) is 4. The van der Waals surface area contributed by atoms with E-state index >= 15 is 0 Å². The Kier molecular flexibility index (Phi) is 5.20. The lowest BCUT2D eigenvalue weighted by Crippen LogP contribution is -2.54. The molecule has 122 valence electrons. The molecule has 6 nitrogen and oxygen atoms in total. The van der Waals surface area contributed by atoms with Crippen molar-refractivity contribution < 1.29 is 13.2 Å². The van der Waals surface area contributed by atoms with Gasteiger partial charge in [0.1, 0.15) is 0 Å². The monoisotopic (exact) mass is 325 g/mol. The van der Waals surface area contributed by atoms with E-state index in [-0.39, 0.29) is 17.7 Å². The number of nitrogens with zero attached hydrogens (tertiary/aromatic N) is 2. The largest absolute Gasteiger partial charge is 0.368 e. The minimum absolute atomic E-state index is 0.0189. The van der Waals surface area contributed by atoms with Gasteiger partial charge >= 0.3 is 0 Å². The summed E-state index contributed by atoms with van der Waals surface area (Å²) in [7, 11) is -3.34. The number of rotatable bonds is 5. The van der Waals surface area contributed by atoms with Gasteiger partial charge < -0.3 is 5.73 Å². The molecule has 1 fully saturated rings. The number of nitrogens with two attached hydrogens (primary N) is 1. The van der Waals surface area contributed by atoms with Gasteiger partial charge in [-0.05, 0) is 25.0 Å². The van der Waals surface area contributed by atoms with Crippen molar-refractivity contribution in [1.82, 2.24) is 9.21 Å². The standard InChI is InChI=1S/C15H23N3O3S/c1-12-5-3-4-6-14(12)11-22(20,21)18-9-7-17(8-10-18)13(2)15(16)19/h3-6,13H,7-11H2,1-2H3,(H2,16,19). The van der Waals surface area contributed by atoms with Crippen LogP contribution >= 0.6 is 0 Å². The Hall–Kier alpha value is -1.44. The average molecular weight is 325 g/mol. The highest BCUT2D eigenvalue weighted by Crippen LogP contribution is 2.17. The molecule has 0 saturated carbocycles. The molecule has 2 rings (SSSR count). The number of amides is 1. The van der Waals surface area contributed by atoms with Crippen molar-refractivity contribution in [3.05, 3.63) is 35.4 Å². The number of hydrogen-bond donors (Lipinski definition) is 1. The van der Waals surface area contributed by atoms with E-state index < -0.39 is 10.0 Å². The van der Waals surface area contributed by atoms with Gasteiger partial charge in [-0.3, -0.25) is 9.69 Å². The maximum Gasteiger partial charge on any atom is 0.234 e. The highest BCUT2D eigenvalue weighted by molar-refractivity contribution is 7.88. The van der Waals surface area contributed by atoms with E-state index in [1.54, 1.807) is 6.92 Å². The normalized spacial score (nSPS) is 19.0. The van der Waals surface area contributed by atoms with Crippen LogP contribution in [0.4, 0.5) is 0 Å². The van der Waals surface area contributed by atoms with Gasteiger partial charge in [0.05, 0.1) is 11.8 Å². The molecule has 0 spiro atoms. The number of benzene rings is 1. The molecule has 0 radical (unpaired) electrons. The van der Waals surface area contributed by atoms with Crippen LogP contribution in [0.1, 0.15) is 18.1 Å². The summed E-state index contributed by atoms with van der Waals surface area (Å²) in [6.45, 7) is 5.50. The topological polar surface area (TPSA) is 83.7 Å². The molecule has 1 aliphatic heterocycles. The highest BCUT2D eigenvalue weighted by atomic mass is 32.2. The SMILES string of the molecule is Cc1ccccc1CS(=O)(=O)N1CCN(C(C)C(N)=O)CC1. The van der Waals surface area contributed by atoms with E-state index in [2.05, 4.69) is 0 Å². The molecule has 0 aromatic heterocycles. The molecular formula is C15H23N3O3S. The fourth-order valence-electron chi connectivity index (χ4n) is 2.61. The van der Waals surface area contributed by atoms with Crippen molar-refractivity contribution in [2.24, 2.45) is 5.73 Å². The zero-order chi connectivity index (χ0) is 16.3. The fraction of sp³-hybridized carbons (Fsp3) is 0.533. The summed E-state index contributed by atoms with van der Waals surface area (Å²) < 4.78 is 26.6. The molecule has 1 aliphatic rings. The molecule has 1 amide bonds. The average Bonchev–Trinajstić information content (AvgIpc) is 2.49. The van der Waals surface area contributed by atoms with Crippen LogP contribution in [0.3, 0.4) is 0 Å². The number of carbonyl (C=O) groups is 1. The van der Waals surface area contributed by atoms with Crippen molar-refractivity contribution in [3.63, 3.8) is 0 Å². The first-order valence-electron chi connectivity index (χ1n) is 7.37. The lowest BCUT2D eigenvalue weighted by atomic mass is 10.1. The molecule has 0 bridgehead atoms. The molecule has 1 saturated heterocycles. The Bertz CT molecular complexity index is 637. The summed E-state index contributed by atoms with van der Waals surface area (Å²) in [5.74, 6) is -0.360. The lowest BCUT2D eigenvalue weighted by molar-refractivity contribution is -0.123. The van der Waals surface area contributed by atoms with Gasteiger partial charge in [-0.2, -0.15) is 4.31 Å². The van der Waals surface area contributed by atoms with Crippen molar-refractivity contribution in [2.45, 2.75) is 25.6 Å². The van der Waals surface area contributed by atoms with E-state index in [1.165, 1.54) is 4.31 Å². The number of primary amides is 1. The summed E-state index contributed by atoms with van der Waals surface area (Å²) in [6.07, 6.45) is 0. The summed E-state index contributed by atoms with van der Waals surface area (Å²) in [4.78, 5) is 13.1. The fourth-order valence-corrected chi connectivity index (χ4v) is 4.23. The van der Waals surface area contributed by atoms with Gasteiger partial charge in [-0.25, -0.2) is 8.42 Å². The van der Waals surface area contributed by atoms with Crippen LogP contribution in [0, 0.1) is 6.92 Å². The quantitative estimate of drug-likeness (QED) is 0.845. The number of carbonyl (C=O) groups excluding carboxylic acids is 1. The molecule has 1 atom stereocenters. The second-order valence-corrected chi connectivity index (χ2v) is 7.66. The van der Waals surface area contributed by atoms with E-state index in [1.807, 2.05) is 36.1 Å². The number of aryl methyl sites for hydroxylation is 1. The van der Waals surface area contributed by atoms with Crippen molar-refractivity contribution in [1.29, 1.82) is 0 Å². The minimum atomic E-state index is -3.34. The van der Waals surface area contributed by atoms with E-state index in [9.17, 15) is 13.2 Å². The summed E-state index contributed by atoms with van der Waals surface area (Å²) in [5.41, 5.74) is 7.10. The molecule has 1 aromatic rings. The Morgan fingerprint density at radius 1 is 1.23 bits per heavy atom. The first kappa shape index (κ1) is 16.9. The highest BCUT2D eigenvalue weighted by Gasteiger charge is 2.30. The van der Waals surface area contributed by atoms with Gasteiger partial charge in [0, 0.05) is 26.2 Å². The van der Waals surface area contributed by atoms with Crippen LogP contribution in [0.5, 0.6) is 0 Å². The summed E-state index contributed by atoms with van der Waals surface area (Å²) >= 11 is 0. The number of piperazine rings is 1. The van der Waals surface area contributed by atoms with Crippen molar-refractivity contribution >= 4 is 15.9 Å². The Labute approximate surface area is 131 Å². The summed E-state index contributed by atoms with van der Waals surface area (Å²) in [6, 6.07) is 7.15. The van der Waals surface area contributed by atoms with E-state index in [0.29, 0.717) is 26.2 Å². The first-order chi connectivity index (χ1) is 10.3. The van der Waals surface area contributed by atoms with Crippen molar-refractivity contribution in [3.8, 4) is 0 Å². The smallest absolute Gasteiger partial charge is 0.234 e. The number of sulfonamides is 1. The van der Waals surface area contributed by atoms with Crippen LogP contribution in [0.15, 0.2) is 24.3 Å². The Morgan fingerprint density at radius 2 is 1.82 bits per heavy atom. The third-order valence-electron chi connectivity index (χ3n) is 4.23. The minimum Gasteiger partial charge on any atom is -0.368 e. The first-order valence-corrected chi connectivity index (χ1v) is 8.98. The van der Waals surface area contributed by atoms with Gasteiger partial charge in [-0.1, -0.05) is 24.3 Å². The third kappa shape index (κ3) is 3.85. The van der Waals surface area contributed by atoms with Crippen LogP contribution in [0.2, 0.25) is 0 Å². The zero-order valence-electron chi connectivity index (χ0n) is 13.0. The lowest BCUT2D eigenvalue weighted by Gasteiger charge is -2.36. The maximum atomic E-state index is 12.5. The molecule has 7 heteroatoms. The van der Waals surface area contributed by atoms with Crippen LogP contribution in [0.25, 0.3) is 0 Å². The zero-order valence-corrected chi connectivity index (χ0v) is 13.8. The molecule has 22 heavy (non-hydrogen) atoms. The van der Waals surface area contributed by atoms with Crippen LogP contribution < -0.4 is 5.73 Å². The third-order valence-corrected chi connectivity index (χ3v) is 6.05. The van der Waals surface area contributed by atoms with Gasteiger partial charge in [-0.15, -0.1) is 0 Å². The van der Waals surface area contributed by atoms with Crippen LogP contribution in [-0.4, -0.2) is 55.8 Å². The predicted octanol–water partition coefficient (Wildman–Crippen LogP) is 0.316. The summed E-state index contributed by atoms with van der Waals surface area (Å²) in [5, 5.41) is 0. The maximum absolute atomic E-state index is 12.5. The van der Waals surface area contributed by atoms with Crippen molar-refractivity contribution in [2.75, 3.05) is 26.2 Å². The van der Waals surface area contributed by atoms with Crippen LogP contribution in [-0.2, 0) is 20.6 Å². The molecule has 1 heterocycles. The van der Waals surface area contributed by atoms with E-state index in [4.69, 9.17) is 5.73 Å². The molecule has 1 aromatic carbocycles. The van der Waals surface area contributed by atoms with Gasteiger partial charge in [0.15, 0.2) is 0 Å². The molecule has 2 N–H and O–H groups in total. The Balaban J connectivity index is 2.01. The second kappa shape index (κ2) is 6.76. The predicted molar refractivity (Wildman–Crippen MR) is 85.6 cm³/mol. The van der Waals surface area contributed by atoms with E-state index in [0.717, 1.165) is 11.1 Å². The van der Waals surface area contributed by atoms with Gasteiger partial charge in [0.2, 0.25) is 15.9 Å².